The van der Waals surface area contributed by atoms with Crippen molar-refractivity contribution in [3.05, 3.63) is 47.1 Å². The monoisotopic (exact) mass is 279 g/mol. The number of nitrogens with zero attached hydrogens (tertiary/aromatic N) is 1. The smallest absolute Gasteiger partial charge is 0.219 e. The molecule has 0 bridgehead atoms. The first-order chi connectivity index (χ1) is 7.78. The van der Waals surface area contributed by atoms with Crippen LogP contribution in [0, 0.1) is 0 Å². The molecule has 82 valence electrons. The number of hydrogen-bond acceptors (Lipinski definition) is 3. The molecular formula is C12H10BrNO2. The van der Waals surface area contributed by atoms with E-state index in [2.05, 4.69) is 20.9 Å². The summed E-state index contributed by atoms with van der Waals surface area (Å²) in [5.74, 6) is 1.99. The first-order valence-corrected chi connectivity index (χ1v) is 5.51. The van der Waals surface area contributed by atoms with Gasteiger partial charge in [0.2, 0.25) is 5.88 Å². The Bertz CT molecular complexity index is 471. The molecule has 2 rings (SSSR count). The Morgan fingerprint density at radius 3 is 2.62 bits per heavy atom. The summed E-state index contributed by atoms with van der Waals surface area (Å²) in [4.78, 5) is 4.11. The van der Waals surface area contributed by atoms with E-state index in [1.54, 1.807) is 25.4 Å². The molecule has 0 aliphatic rings. The normalized spacial score (nSPS) is 9.88. The third kappa shape index (κ3) is 2.73. The van der Waals surface area contributed by atoms with Gasteiger partial charge in [-0.3, -0.25) is 0 Å². The molecule has 0 amide bonds. The van der Waals surface area contributed by atoms with Crippen molar-refractivity contribution in [2.75, 3.05) is 7.11 Å². The molecule has 0 fully saturated rings. The average molecular weight is 280 g/mol. The lowest BCUT2D eigenvalue weighted by molar-refractivity contribution is 0.407. The van der Waals surface area contributed by atoms with Gasteiger partial charge in [-0.25, -0.2) is 4.98 Å². The van der Waals surface area contributed by atoms with Crippen molar-refractivity contribution in [2.45, 2.75) is 0 Å². The second kappa shape index (κ2) is 4.99. The molecule has 0 saturated carbocycles. The number of benzene rings is 1. The lowest BCUT2D eigenvalue weighted by Gasteiger charge is -2.05. The van der Waals surface area contributed by atoms with Crippen LogP contribution in [-0.4, -0.2) is 12.1 Å². The van der Waals surface area contributed by atoms with Crippen LogP contribution < -0.4 is 9.47 Å². The zero-order chi connectivity index (χ0) is 11.4. The fraction of sp³-hybridized carbons (Fsp3) is 0.0833. The Kier molecular flexibility index (Phi) is 3.41. The van der Waals surface area contributed by atoms with E-state index in [0.29, 0.717) is 11.6 Å². The van der Waals surface area contributed by atoms with Gasteiger partial charge in [0.05, 0.1) is 13.3 Å². The molecule has 16 heavy (non-hydrogen) atoms. The van der Waals surface area contributed by atoms with Crippen molar-refractivity contribution >= 4 is 15.9 Å². The number of pyridine rings is 1. The Hall–Kier alpha value is -1.55. The fourth-order valence-corrected chi connectivity index (χ4v) is 1.58. The minimum absolute atomic E-state index is 0.541. The van der Waals surface area contributed by atoms with Gasteiger partial charge in [-0.1, -0.05) is 22.0 Å². The van der Waals surface area contributed by atoms with Gasteiger partial charge in [0.1, 0.15) is 11.5 Å². The zero-order valence-electron chi connectivity index (χ0n) is 8.68. The van der Waals surface area contributed by atoms with Gasteiger partial charge in [0.15, 0.2) is 0 Å². The summed E-state index contributed by atoms with van der Waals surface area (Å²) in [6.07, 6.45) is 1.62. The van der Waals surface area contributed by atoms with Crippen molar-refractivity contribution in [1.29, 1.82) is 0 Å². The van der Waals surface area contributed by atoms with Crippen LogP contribution in [-0.2, 0) is 0 Å². The first-order valence-electron chi connectivity index (χ1n) is 4.71. The Balaban J connectivity index is 2.14. The van der Waals surface area contributed by atoms with E-state index in [-0.39, 0.29) is 0 Å². The van der Waals surface area contributed by atoms with Gasteiger partial charge < -0.3 is 9.47 Å². The number of methoxy groups -OCH3 is 1. The maximum absolute atomic E-state index is 5.56. The molecule has 1 aromatic heterocycles. The SMILES string of the molecule is COc1ccc(Oc2cccc(Br)c2)nc1. The Morgan fingerprint density at radius 2 is 2.00 bits per heavy atom. The third-order valence-corrected chi connectivity index (χ3v) is 2.46. The molecular weight excluding hydrogens is 270 g/mol. The quantitative estimate of drug-likeness (QED) is 0.860. The third-order valence-electron chi connectivity index (χ3n) is 1.96. The molecule has 0 radical (unpaired) electrons. The fourth-order valence-electron chi connectivity index (χ4n) is 1.20. The van der Waals surface area contributed by atoms with Crippen LogP contribution in [0.5, 0.6) is 17.4 Å². The highest BCUT2D eigenvalue weighted by Gasteiger charge is 1.99. The summed E-state index contributed by atoms with van der Waals surface area (Å²) in [6, 6.07) is 11.2. The molecule has 0 spiro atoms. The van der Waals surface area contributed by atoms with Crippen molar-refractivity contribution < 1.29 is 9.47 Å². The highest BCUT2D eigenvalue weighted by atomic mass is 79.9. The molecule has 0 saturated heterocycles. The summed E-state index contributed by atoms with van der Waals surface area (Å²) in [5.41, 5.74) is 0. The zero-order valence-corrected chi connectivity index (χ0v) is 10.3. The van der Waals surface area contributed by atoms with Crippen LogP contribution in [0.25, 0.3) is 0 Å². The van der Waals surface area contributed by atoms with E-state index < -0.39 is 0 Å². The standard InChI is InChI=1S/C12H10BrNO2/c1-15-11-5-6-12(14-8-11)16-10-4-2-3-9(13)7-10/h2-8H,1H3. The van der Waals surface area contributed by atoms with Crippen molar-refractivity contribution in [2.24, 2.45) is 0 Å². The van der Waals surface area contributed by atoms with E-state index in [9.17, 15) is 0 Å². The van der Waals surface area contributed by atoms with Crippen LogP contribution in [0.2, 0.25) is 0 Å². The lowest BCUT2D eigenvalue weighted by atomic mass is 10.3. The minimum atomic E-state index is 0.541. The predicted molar refractivity (Wildman–Crippen MR) is 65.0 cm³/mol. The van der Waals surface area contributed by atoms with Gasteiger partial charge in [-0.2, -0.15) is 0 Å². The van der Waals surface area contributed by atoms with Gasteiger partial charge in [0.25, 0.3) is 0 Å². The summed E-state index contributed by atoms with van der Waals surface area (Å²) < 4.78 is 11.5. The van der Waals surface area contributed by atoms with E-state index in [1.807, 2.05) is 24.3 Å². The highest BCUT2D eigenvalue weighted by molar-refractivity contribution is 9.10. The minimum Gasteiger partial charge on any atom is -0.495 e. The average Bonchev–Trinajstić information content (AvgIpc) is 2.30. The van der Waals surface area contributed by atoms with E-state index in [4.69, 9.17) is 9.47 Å². The molecule has 0 N–H and O–H groups in total. The second-order valence-corrected chi connectivity index (χ2v) is 4.01. The first kappa shape index (κ1) is 11.0. The summed E-state index contributed by atoms with van der Waals surface area (Å²) in [7, 11) is 1.60. The van der Waals surface area contributed by atoms with Gasteiger partial charge >= 0.3 is 0 Å². The van der Waals surface area contributed by atoms with E-state index in [1.165, 1.54) is 0 Å². The molecule has 1 heterocycles. The maximum atomic E-state index is 5.56. The molecule has 4 heteroatoms. The van der Waals surface area contributed by atoms with Gasteiger partial charge in [-0.05, 0) is 24.3 Å². The maximum Gasteiger partial charge on any atom is 0.219 e. The van der Waals surface area contributed by atoms with Gasteiger partial charge in [0, 0.05) is 10.5 Å². The van der Waals surface area contributed by atoms with Crippen LogP contribution in [0.3, 0.4) is 0 Å². The molecule has 0 unspecified atom stereocenters. The molecule has 0 aliphatic heterocycles. The summed E-state index contributed by atoms with van der Waals surface area (Å²) >= 11 is 3.38. The van der Waals surface area contributed by atoms with Crippen molar-refractivity contribution in [1.82, 2.24) is 4.98 Å². The highest BCUT2D eigenvalue weighted by Crippen LogP contribution is 2.23. The van der Waals surface area contributed by atoms with Crippen LogP contribution in [0.15, 0.2) is 47.1 Å². The molecule has 2 aromatic rings. The molecule has 0 aliphatic carbocycles. The second-order valence-electron chi connectivity index (χ2n) is 3.10. The molecule has 3 nitrogen and oxygen atoms in total. The van der Waals surface area contributed by atoms with Crippen molar-refractivity contribution in [3.8, 4) is 17.4 Å². The van der Waals surface area contributed by atoms with Crippen LogP contribution in [0.4, 0.5) is 0 Å². The lowest BCUT2D eigenvalue weighted by Crippen LogP contribution is -1.89. The number of rotatable bonds is 3. The van der Waals surface area contributed by atoms with Gasteiger partial charge in [-0.15, -0.1) is 0 Å². The van der Waals surface area contributed by atoms with Crippen LogP contribution >= 0.6 is 15.9 Å². The molecule has 1 aromatic carbocycles. The topological polar surface area (TPSA) is 31.4 Å². The van der Waals surface area contributed by atoms with Crippen molar-refractivity contribution in [3.63, 3.8) is 0 Å². The largest absolute Gasteiger partial charge is 0.495 e. The number of ether oxygens (including phenoxy) is 2. The summed E-state index contributed by atoms with van der Waals surface area (Å²) in [5, 5.41) is 0. The van der Waals surface area contributed by atoms with Crippen LogP contribution in [0.1, 0.15) is 0 Å². The Labute approximate surface area is 102 Å². The number of halogens is 1. The Morgan fingerprint density at radius 1 is 1.12 bits per heavy atom. The number of hydrogen-bond donors (Lipinski definition) is 0. The predicted octanol–water partition coefficient (Wildman–Crippen LogP) is 3.65. The molecule has 0 atom stereocenters. The number of aromatic nitrogens is 1. The van der Waals surface area contributed by atoms with E-state index in [0.717, 1.165) is 10.2 Å². The summed E-state index contributed by atoms with van der Waals surface area (Å²) in [6.45, 7) is 0. The van der Waals surface area contributed by atoms with E-state index >= 15 is 0 Å².